The van der Waals surface area contributed by atoms with E-state index in [1.165, 1.54) is 0 Å². The van der Waals surface area contributed by atoms with Gasteiger partial charge in [0, 0.05) is 16.3 Å². The van der Waals surface area contributed by atoms with Crippen molar-refractivity contribution in [3.63, 3.8) is 0 Å². The summed E-state index contributed by atoms with van der Waals surface area (Å²) in [5.74, 6) is -0.353. The van der Waals surface area contributed by atoms with E-state index < -0.39 is 11.6 Å². The van der Waals surface area contributed by atoms with Crippen molar-refractivity contribution in [3.8, 4) is 0 Å². The lowest BCUT2D eigenvalue weighted by Crippen LogP contribution is -2.42. The molecule has 1 N–H and O–H groups in total. The van der Waals surface area contributed by atoms with Gasteiger partial charge >= 0.3 is 6.03 Å². The first-order valence-corrected chi connectivity index (χ1v) is 9.13. The molecule has 1 fully saturated rings. The van der Waals surface area contributed by atoms with Crippen LogP contribution in [0.3, 0.4) is 0 Å². The minimum Gasteiger partial charge on any atom is -0.322 e. The van der Waals surface area contributed by atoms with Crippen LogP contribution >= 0.6 is 11.6 Å². The molecule has 0 aromatic heterocycles. The number of benzene rings is 3. The first kappa shape index (κ1) is 17.5. The molecule has 0 bridgehead atoms. The van der Waals surface area contributed by atoms with Crippen molar-refractivity contribution in [2.45, 2.75) is 25.8 Å². The van der Waals surface area contributed by atoms with Gasteiger partial charge in [-0.15, -0.1) is 5.01 Å². The first-order valence-electron chi connectivity index (χ1n) is 8.76. The molecule has 1 aliphatic heterocycles. The number of nitrogens with one attached hydrogen (secondary N) is 1. The molecule has 3 aromatic rings. The lowest BCUT2D eigenvalue weighted by molar-refractivity contribution is -0.130. The van der Waals surface area contributed by atoms with Crippen LogP contribution in [0.1, 0.15) is 25.8 Å². The van der Waals surface area contributed by atoms with Crippen LogP contribution in [0, 0.1) is 0 Å². The number of fused-ring (bicyclic) bond motifs is 2. The molecular formula is C21H18ClN3O2. The van der Waals surface area contributed by atoms with Crippen molar-refractivity contribution >= 4 is 51.3 Å². The molecule has 3 aromatic carbocycles. The molecular weight excluding hydrogens is 362 g/mol. The molecule has 0 spiro atoms. The normalized spacial score (nSPS) is 20.2. The molecule has 1 aliphatic rings. The van der Waals surface area contributed by atoms with Gasteiger partial charge in [0.1, 0.15) is 5.54 Å². The molecule has 0 radical (unpaired) electrons. The fraction of sp³-hybridized carbons (Fsp3) is 0.190. The van der Waals surface area contributed by atoms with Crippen LogP contribution in [0.2, 0.25) is 5.02 Å². The highest BCUT2D eigenvalue weighted by molar-refractivity contribution is 6.42. The molecule has 5 nitrogen and oxygen atoms in total. The van der Waals surface area contributed by atoms with Crippen molar-refractivity contribution in [1.29, 1.82) is 0 Å². The Labute approximate surface area is 161 Å². The molecule has 6 heteroatoms. The van der Waals surface area contributed by atoms with Gasteiger partial charge in [0.15, 0.2) is 0 Å². The summed E-state index contributed by atoms with van der Waals surface area (Å²) in [7, 11) is 0. The summed E-state index contributed by atoms with van der Waals surface area (Å²) < 4.78 is 0. The van der Waals surface area contributed by atoms with Crippen LogP contribution in [0.4, 0.5) is 4.79 Å². The summed E-state index contributed by atoms with van der Waals surface area (Å²) in [6.45, 7) is 3.56. The fourth-order valence-electron chi connectivity index (χ4n) is 3.38. The first-order chi connectivity index (χ1) is 13.0. The van der Waals surface area contributed by atoms with E-state index in [-0.39, 0.29) is 5.91 Å². The SMILES string of the molecule is CC[C@@]1(C)NC(=O)N(/N=C\c2c3ccccc3c(Cl)c3ccccc23)C1=O. The fourth-order valence-corrected chi connectivity index (χ4v) is 3.71. The van der Waals surface area contributed by atoms with E-state index >= 15 is 0 Å². The summed E-state index contributed by atoms with van der Waals surface area (Å²) in [5.41, 5.74) is -0.102. The topological polar surface area (TPSA) is 61.8 Å². The second kappa shape index (κ2) is 6.35. The summed E-state index contributed by atoms with van der Waals surface area (Å²) >= 11 is 6.60. The van der Waals surface area contributed by atoms with Gasteiger partial charge in [-0.1, -0.05) is 67.1 Å². The number of carbonyl (C=O) groups is 2. The maximum atomic E-state index is 12.6. The zero-order valence-electron chi connectivity index (χ0n) is 15.0. The number of amides is 3. The Morgan fingerprint density at radius 3 is 2.04 bits per heavy atom. The van der Waals surface area contributed by atoms with Gasteiger partial charge in [-0.3, -0.25) is 4.79 Å². The van der Waals surface area contributed by atoms with Crippen LogP contribution in [-0.4, -0.2) is 28.7 Å². The van der Waals surface area contributed by atoms with Gasteiger partial charge in [0.2, 0.25) is 0 Å². The number of hydrazone groups is 1. The predicted molar refractivity (Wildman–Crippen MR) is 108 cm³/mol. The molecule has 136 valence electrons. The standard InChI is InChI=1S/C21H18ClN3O2/c1-3-21(2)19(26)25(20(27)24-21)23-12-17-13-8-4-6-10-15(13)18(22)16-11-7-5-9-14(16)17/h4-12H,3H2,1-2H3,(H,24,27)/b23-12-/t21-/m1/s1. The average Bonchev–Trinajstić information content (AvgIpc) is 2.91. The highest BCUT2D eigenvalue weighted by Gasteiger charge is 2.46. The van der Waals surface area contributed by atoms with Crippen molar-refractivity contribution in [3.05, 3.63) is 59.1 Å². The highest BCUT2D eigenvalue weighted by atomic mass is 35.5. The number of hydrogen-bond acceptors (Lipinski definition) is 3. The van der Waals surface area contributed by atoms with Crippen LogP contribution in [-0.2, 0) is 4.79 Å². The van der Waals surface area contributed by atoms with Gasteiger partial charge in [-0.05, 0) is 24.1 Å². The zero-order valence-corrected chi connectivity index (χ0v) is 15.7. The number of halogens is 1. The number of carbonyl (C=O) groups excluding carboxylic acids is 2. The van der Waals surface area contributed by atoms with Gasteiger partial charge in [-0.25, -0.2) is 4.79 Å². The van der Waals surface area contributed by atoms with Gasteiger partial charge in [0.05, 0.1) is 11.2 Å². The van der Waals surface area contributed by atoms with Crippen LogP contribution in [0.25, 0.3) is 21.5 Å². The van der Waals surface area contributed by atoms with Crippen molar-refractivity contribution in [1.82, 2.24) is 10.3 Å². The summed E-state index contributed by atoms with van der Waals surface area (Å²) in [5, 5.41) is 12.1. The largest absolute Gasteiger partial charge is 0.346 e. The van der Waals surface area contributed by atoms with E-state index in [1.54, 1.807) is 13.1 Å². The molecule has 27 heavy (non-hydrogen) atoms. The second-order valence-electron chi connectivity index (χ2n) is 6.80. The molecule has 1 heterocycles. The van der Waals surface area contributed by atoms with Gasteiger partial charge in [-0.2, -0.15) is 5.10 Å². The third-order valence-electron chi connectivity index (χ3n) is 5.16. The van der Waals surface area contributed by atoms with Crippen LogP contribution in [0.15, 0.2) is 53.6 Å². The monoisotopic (exact) mass is 379 g/mol. The van der Waals surface area contributed by atoms with E-state index in [9.17, 15) is 9.59 Å². The molecule has 1 atom stereocenters. The smallest absolute Gasteiger partial charge is 0.322 e. The molecule has 4 rings (SSSR count). The Bertz CT molecular complexity index is 1070. The zero-order chi connectivity index (χ0) is 19.2. The van der Waals surface area contributed by atoms with Crippen molar-refractivity contribution in [2.24, 2.45) is 5.10 Å². The predicted octanol–water partition coefficient (Wildman–Crippen LogP) is 4.70. The molecule has 0 unspecified atom stereocenters. The van der Waals surface area contributed by atoms with Crippen molar-refractivity contribution < 1.29 is 9.59 Å². The van der Waals surface area contributed by atoms with E-state index in [0.29, 0.717) is 11.4 Å². The van der Waals surface area contributed by atoms with Crippen molar-refractivity contribution in [2.75, 3.05) is 0 Å². The van der Waals surface area contributed by atoms with E-state index in [2.05, 4.69) is 10.4 Å². The Morgan fingerprint density at radius 2 is 1.56 bits per heavy atom. The highest BCUT2D eigenvalue weighted by Crippen LogP contribution is 2.35. The quantitative estimate of drug-likeness (QED) is 0.407. The minimum atomic E-state index is -0.918. The molecule has 3 amide bonds. The minimum absolute atomic E-state index is 0.353. The van der Waals surface area contributed by atoms with Gasteiger partial charge in [0.25, 0.3) is 5.91 Å². The number of rotatable bonds is 3. The Morgan fingerprint density at radius 1 is 1.04 bits per heavy atom. The lowest BCUT2D eigenvalue weighted by Gasteiger charge is -2.17. The number of urea groups is 1. The van der Waals surface area contributed by atoms with Crippen LogP contribution in [0.5, 0.6) is 0 Å². The number of imide groups is 1. The Balaban J connectivity index is 1.89. The summed E-state index contributed by atoms with van der Waals surface area (Å²) in [6, 6.07) is 15.0. The van der Waals surface area contributed by atoms with Gasteiger partial charge < -0.3 is 5.32 Å². The molecule has 1 saturated heterocycles. The van der Waals surface area contributed by atoms with E-state index in [1.807, 2.05) is 55.5 Å². The second-order valence-corrected chi connectivity index (χ2v) is 7.17. The average molecular weight is 380 g/mol. The maximum absolute atomic E-state index is 12.6. The van der Waals surface area contributed by atoms with E-state index in [4.69, 9.17) is 11.6 Å². The molecule has 0 aliphatic carbocycles. The summed E-state index contributed by atoms with van der Waals surface area (Å²) in [6.07, 6.45) is 2.07. The number of hydrogen-bond donors (Lipinski definition) is 1. The number of nitrogens with zero attached hydrogens (tertiary/aromatic N) is 2. The Hall–Kier alpha value is -2.92. The third kappa shape index (κ3) is 2.66. The molecule has 0 saturated carbocycles. The van der Waals surface area contributed by atoms with E-state index in [0.717, 1.165) is 32.1 Å². The lowest BCUT2D eigenvalue weighted by atomic mass is 9.97. The third-order valence-corrected chi connectivity index (χ3v) is 5.56. The van der Waals surface area contributed by atoms with Crippen LogP contribution < -0.4 is 5.32 Å². The maximum Gasteiger partial charge on any atom is 0.346 e. The Kier molecular flexibility index (Phi) is 4.12. The summed E-state index contributed by atoms with van der Waals surface area (Å²) in [4.78, 5) is 24.8.